The lowest BCUT2D eigenvalue weighted by molar-refractivity contribution is 0.660. The number of anilines is 2. The largest absolute Gasteiger partial charge is 0.356 e. The number of hydrogen-bond acceptors (Lipinski definition) is 1. The zero-order valence-electron chi connectivity index (χ0n) is 45.5. The van der Waals surface area contributed by atoms with E-state index in [0.717, 1.165) is 0 Å². The summed E-state index contributed by atoms with van der Waals surface area (Å²) >= 11 is 0. The minimum atomic E-state index is -3.08. The average Bonchev–Trinajstić information content (AvgIpc) is 3.71. The SMILES string of the molecule is [2H]c1c([2H])c([2H])c(C2(c3c([2H])c([2H])c([2H])c([2H])c3[2H])c3c([2H])c([2H])c([2H])c([2H])c3-c3c([2H])c([2H])c(Nc4c([2H])c([2H])c5c(c4[2H])C(C)(C)c4c([2H])c([2H])c([2H])c([2H])c4-5)c([2H])c32)c([2H])c1[2H]. The molecule has 2 aliphatic carbocycles. The highest BCUT2D eigenvalue weighted by molar-refractivity contribution is 5.88. The van der Waals surface area contributed by atoms with Gasteiger partial charge < -0.3 is 5.32 Å². The van der Waals surface area contributed by atoms with E-state index in [-0.39, 0.29) is 22.3 Å². The molecule has 2 aliphatic rings. The molecule has 0 fully saturated rings. The zero-order valence-corrected chi connectivity index (χ0v) is 21.5. The minimum absolute atomic E-state index is 0.0325. The third-order valence-corrected chi connectivity index (χ3v) is 7.50. The maximum Gasteiger partial charge on any atom is 0.0714 e. The van der Waals surface area contributed by atoms with E-state index in [2.05, 4.69) is 5.32 Å². The van der Waals surface area contributed by atoms with Crippen molar-refractivity contribution in [1.82, 2.24) is 0 Å². The van der Waals surface area contributed by atoms with Gasteiger partial charge in [-0.25, -0.2) is 0 Å². The fourth-order valence-electron chi connectivity index (χ4n) is 5.69. The second kappa shape index (κ2) is 8.81. The summed E-state index contributed by atoms with van der Waals surface area (Å²) in [7, 11) is 0. The number of nitrogens with one attached hydrogen (secondary N) is 1. The molecule has 0 bridgehead atoms. The number of hydrogen-bond donors (Lipinski definition) is 1. The van der Waals surface area contributed by atoms with Crippen molar-refractivity contribution in [3.05, 3.63) is 178 Å². The Hall–Kier alpha value is -4.88. The molecule has 0 unspecified atom stereocenters. The minimum Gasteiger partial charge on any atom is -0.356 e. The molecule has 8 rings (SSSR count). The van der Waals surface area contributed by atoms with E-state index >= 15 is 0 Å². The van der Waals surface area contributed by atoms with Crippen molar-refractivity contribution in [2.45, 2.75) is 24.7 Å². The van der Waals surface area contributed by atoms with E-state index < -0.39 is 201 Å². The first-order valence-electron chi connectivity index (χ1n) is 24.5. The summed E-state index contributed by atoms with van der Waals surface area (Å²) in [5.74, 6) is 0. The Morgan fingerprint density at radius 1 is 0.439 bits per heavy atom. The first-order chi connectivity index (χ1) is 30.1. The fourth-order valence-corrected chi connectivity index (χ4v) is 5.69. The lowest BCUT2D eigenvalue weighted by atomic mass is 9.67. The molecule has 0 atom stereocenters. The Morgan fingerprint density at radius 2 is 0.878 bits per heavy atom. The van der Waals surface area contributed by atoms with E-state index in [1.165, 1.54) is 13.8 Å². The van der Waals surface area contributed by atoms with Crippen LogP contribution >= 0.6 is 0 Å². The molecule has 196 valence electrons. The summed E-state index contributed by atoms with van der Waals surface area (Å²) in [5, 5.41) is 2.66. The molecule has 0 radical (unpaired) electrons. The van der Waals surface area contributed by atoms with Crippen molar-refractivity contribution in [3.63, 3.8) is 0 Å². The van der Waals surface area contributed by atoms with Crippen molar-refractivity contribution in [1.29, 1.82) is 0 Å². The zero-order chi connectivity index (χ0) is 48.5. The second-order valence-corrected chi connectivity index (χ2v) is 10.0. The van der Waals surface area contributed by atoms with Crippen LogP contribution < -0.4 is 5.32 Å². The third kappa shape index (κ3) is 3.36. The van der Waals surface area contributed by atoms with Crippen LogP contribution in [0.3, 0.4) is 0 Å². The molecule has 41 heavy (non-hydrogen) atoms. The van der Waals surface area contributed by atoms with Crippen LogP contribution in [0.25, 0.3) is 22.3 Å². The molecular formula is C40H31N. The first-order valence-corrected chi connectivity index (χ1v) is 12.5. The van der Waals surface area contributed by atoms with Gasteiger partial charge >= 0.3 is 0 Å². The highest BCUT2D eigenvalue weighted by Gasteiger charge is 2.46. The van der Waals surface area contributed by atoms with Crippen LogP contribution in [0.1, 0.15) is 80.1 Å². The predicted octanol–water partition coefficient (Wildman–Crippen LogP) is 10.1. The molecule has 0 amide bonds. The maximum absolute atomic E-state index is 9.96. The van der Waals surface area contributed by atoms with E-state index in [1.54, 1.807) is 0 Å². The molecule has 0 heterocycles. The molecule has 0 saturated carbocycles. The van der Waals surface area contributed by atoms with Crippen molar-refractivity contribution >= 4 is 11.4 Å². The van der Waals surface area contributed by atoms with Crippen molar-refractivity contribution in [2.24, 2.45) is 0 Å². The molecule has 1 nitrogen and oxygen atoms in total. The van der Waals surface area contributed by atoms with Crippen LogP contribution in [0, 0.1) is 0 Å². The van der Waals surface area contributed by atoms with E-state index in [1.807, 2.05) is 0 Å². The molecule has 6 aromatic rings. The molecular weight excluding hydrogens is 494 g/mol. The summed E-state index contributed by atoms with van der Waals surface area (Å²) in [5.41, 5.74) is -10.8. The van der Waals surface area contributed by atoms with Gasteiger partial charge in [-0.3, -0.25) is 0 Å². The van der Waals surface area contributed by atoms with Gasteiger partial charge in [0.15, 0.2) is 0 Å². The van der Waals surface area contributed by atoms with E-state index in [9.17, 15) is 12.3 Å². The molecule has 1 heteroatoms. The van der Waals surface area contributed by atoms with Crippen molar-refractivity contribution in [3.8, 4) is 22.3 Å². The Kier molecular flexibility index (Phi) is 2.13. The van der Waals surface area contributed by atoms with Gasteiger partial charge in [0.2, 0.25) is 0 Å². The van der Waals surface area contributed by atoms with Crippen LogP contribution in [0.4, 0.5) is 11.4 Å². The number of fused-ring (bicyclic) bond motifs is 6. The van der Waals surface area contributed by atoms with E-state index in [4.69, 9.17) is 20.6 Å². The quantitative estimate of drug-likeness (QED) is 0.230. The molecule has 0 aliphatic heterocycles. The van der Waals surface area contributed by atoms with Gasteiger partial charge in [0, 0.05) is 16.8 Å². The van der Waals surface area contributed by atoms with Gasteiger partial charge in [0.1, 0.15) is 0 Å². The summed E-state index contributed by atoms with van der Waals surface area (Å²) in [6.07, 6.45) is 0. The van der Waals surface area contributed by atoms with Crippen LogP contribution in [-0.4, -0.2) is 0 Å². The fraction of sp³-hybridized carbons (Fsp3) is 0.100. The summed E-state index contributed by atoms with van der Waals surface area (Å²) in [6.45, 7) is 3.08. The monoisotopic (exact) mass is 549 g/mol. The maximum atomic E-state index is 9.96. The summed E-state index contributed by atoms with van der Waals surface area (Å²) in [6, 6.07) is -21.2. The lowest BCUT2D eigenvalue weighted by Crippen LogP contribution is -2.28. The van der Waals surface area contributed by atoms with Gasteiger partial charge in [-0.05, 0) is 79.8 Å². The van der Waals surface area contributed by atoms with Crippen LogP contribution in [-0.2, 0) is 10.8 Å². The topological polar surface area (TPSA) is 12.0 Å². The molecule has 1 N–H and O–H groups in total. The Morgan fingerprint density at radius 3 is 1.49 bits per heavy atom. The second-order valence-electron chi connectivity index (χ2n) is 10.0. The Bertz CT molecular complexity index is 3140. The van der Waals surface area contributed by atoms with Gasteiger partial charge in [0.25, 0.3) is 0 Å². The van der Waals surface area contributed by atoms with Crippen molar-refractivity contribution < 1.29 is 32.9 Å². The van der Waals surface area contributed by atoms with E-state index in [0.29, 0.717) is 0 Å². The summed E-state index contributed by atoms with van der Waals surface area (Å²) in [4.78, 5) is 0. The third-order valence-electron chi connectivity index (χ3n) is 7.50. The van der Waals surface area contributed by atoms with Crippen LogP contribution in [0.15, 0.2) is 145 Å². The van der Waals surface area contributed by atoms with Crippen LogP contribution in [0.5, 0.6) is 0 Å². The molecule has 0 spiro atoms. The van der Waals surface area contributed by atoms with Gasteiger partial charge in [-0.1, -0.05) is 135 Å². The number of benzene rings is 6. The first kappa shape index (κ1) is 9.89. The van der Waals surface area contributed by atoms with Gasteiger partial charge in [0.05, 0.1) is 38.3 Å². The number of rotatable bonds is 4. The highest BCUT2D eigenvalue weighted by atomic mass is 14.9. The van der Waals surface area contributed by atoms with Gasteiger partial charge in [-0.2, -0.15) is 0 Å². The summed E-state index contributed by atoms with van der Waals surface area (Å²) < 4.78 is 215. The average molecular weight is 550 g/mol. The van der Waals surface area contributed by atoms with Crippen molar-refractivity contribution in [2.75, 3.05) is 5.32 Å². The standard InChI is InChI=1S/C40H31N/c1-39(2)35-19-11-9-17-31(35)33-23-21-29(25-37(33)39)41-30-22-24-34-32-18-10-12-20-36(32)40(38(34)26-30,27-13-5-3-6-14-27)28-15-7-4-8-16-28/h3-26,41H,1-2H3/i3D,4D,5D,6D,7D,8D,9D,10D,11D,12D,13D,14D,15D,16D,17D,18D,19D,20D,21D,22D,23D,24D,25D,26D. The lowest BCUT2D eigenvalue weighted by Gasteiger charge is -2.34. The van der Waals surface area contributed by atoms with Gasteiger partial charge in [-0.15, -0.1) is 0 Å². The molecule has 6 aromatic carbocycles. The molecule has 0 saturated heterocycles. The normalized spacial score (nSPS) is 23.2. The molecule has 0 aromatic heterocycles. The van der Waals surface area contributed by atoms with Crippen LogP contribution in [0.2, 0.25) is 0 Å². The predicted molar refractivity (Wildman–Crippen MR) is 171 cm³/mol. The Labute approximate surface area is 275 Å². The Balaban J connectivity index is 1.60. The highest BCUT2D eigenvalue weighted by Crippen LogP contribution is 2.56. The smallest absolute Gasteiger partial charge is 0.0714 e.